The zero-order valence-electron chi connectivity index (χ0n) is 10.0. The van der Waals surface area contributed by atoms with E-state index in [9.17, 15) is 14.9 Å². The molecule has 1 heterocycles. The van der Waals surface area contributed by atoms with Crippen LogP contribution in [0.2, 0.25) is 5.02 Å². The van der Waals surface area contributed by atoms with Crippen molar-refractivity contribution in [3.63, 3.8) is 0 Å². The van der Waals surface area contributed by atoms with Gasteiger partial charge in [-0.1, -0.05) is 27.5 Å². The number of hydrogen-bond acceptors (Lipinski definition) is 3. The molecule has 1 fully saturated rings. The van der Waals surface area contributed by atoms with E-state index in [1.54, 1.807) is 4.90 Å². The summed E-state index contributed by atoms with van der Waals surface area (Å²) in [5, 5.41) is 11.7. The minimum absolute atomic E-state index is 0.144. The van der Waals surface area contributed by atoms with Crippen LogP contribution < -0.4 is 0 Å². The maximum absolute atomic E-state index is 12.4. The molecule has 1 unspecified atom stereocenters. The standard InChI is InChI=1S/C12H12BrClN2O3/c13-7-10-2-1-3-15(10)12(17)8-4-9(14)6-11(5-8)16(18)19/h4-6,10H,1-3,7H2. The number of amides is 1. The first kappa shape index (κ1) is 14.3. The number of nitro groups is 1. The molecule has 1 aliphatic rings. The Kier molecular flexibility index (Phi) is 4.42. The highest BCUT2D eigenvalue weighted by atomic mass is 79.9. The van der Waals surface area contributed by atoms with E-state index < -0.39 is 4.92 Å². The number of hydrogen-bond donors (Lipinski definition) is 0. The second-order valence-electron chi connectivity index (χ2n) is 4.40. The number of halogens is 2. The lowest BCUT2D eigenvalue weighted by molar-refractivity contribution is -0.384. The van der Waals surface area contributed by atoms with Crippen molar-refractivity contribution in [2.75, 3.05) is 11.9 Å². The monoisotopic (exact) mass is 346 g/mol. The number of carbonyl (C=O) groups is 1. The average Bonchev–Trinajstić information content (AvgIpc) is 2.85. The summed E-state index contributed by atoms with van der Waals surface area (Å²) in [5.74, 6) is -0.201. The minimum Gasteiger partial charge on any atom is -0.335 e. The number of likely N-dealkylation sites (tertiary alicyclic amines) is 1. The van der Waals surface area contributed by atoms with Gasteiger partial charge < -0.3 is 4.90 Å². The van der Waals surface area contributed by atoms with Crippen LogP contribution >= 0.6 is 27.5 Å². The molecule has 7 heteroatoms. The third-order valence-electron chi connectivity index (χ3n) is 3.16. The summed E-state index contributed by atoms with van der Waals surface area (Å²) in [7, 11) is 0. The lowest BCUT2D eigenvalue weighted by Crippen LogP contribution is -2.36. The molecule has 0 spiro atoms. The van der Waals surface area contributed by atoms with Crippen LogP contribution in [0.25, 0.3) is 0 Å². The Hall–Kier alpha value is -1.14. The van der Waals surface area contributed by atoms with Gasteiger partial charge in [-0.25, -0.2) is 0 Å². The van der Waals surface area contributed by atoms with Crippen molar-refractivity contribution < 1.29 is 9.72 Å². The highest BCUT2D eigenvalue weighted by Crippen LogP contribution is 2.25. The first-order chi connectivity index (χ1) is 9.02. The Morgan fingerprint density at radius 2 is 2.26 bits per heavy atom. The average molecular weight is 348 g/mol. The predicted octanol–water partition coefficient (Wildman–Crippen LogP) is 3.25. The quantitative estimate of drug-likeness (QED) is 0.479. The number of nitrogens with zero attached hydrogens (tertiary/aromatic N) is 2. The summed E-state index contributed by atoms with van der Waals surface area (Å²) in [6.45, 7) is 0.676. The van der Waals surface area contributed by atoms with Gasteiger partial charge in [-0.3, -0.25) is 14.9 Å². The van der Waals surface area contributed by atoms with E-state index in [4.69, 9.17) is 11.6 Å². The Morgan fingerprint density at radius 1 is 1.53 bits per heavy atom. The molecule has 0 saturated carbocycles. The van der Waals surface area contributed by atoms with Crippen LogP contribution in [0.5, 0.6) is 0 Å². The van der Waals surface area contributed by atoms with Crippen LogP contribution in [-0.2, 0) is 0 Å². The van der Waals surface area contributed by atoms with Crippen molar-refractivity contribution in [1.82, 2.24) is 4.90 Å². The highest BCUT2D eigenvalue weighted by Gasteiger charge is 2.29. The molecule has 1 atom stereocenters. The van der Waals surface area contributed by atoms with Gasteiger partial charge >= 0.3 is 0 Å². The maximum Gasteiger partial charge on any atom is 0.271 e. The Balaban J connectivity index is 2.30. The molecule has 1 saturated heterocycles. The normalized spacial score (nSPS) is 18.6. The summed E-state index contributed by atoms with van der Waals surface area (Å²) in [6.07, 6.45) is 1.89. The second kappa shape index (κ2) is 5.88. The van der Waals surface area contributed by atoms with Crippen LogP contribution in [0.1, 0.15) is 23.2 Å². The maximum atomic E-state index is 12.4. The van der Waals surface area contributed by atoms with E-state index in [2.05, 4.69) is 15.9 Å². The summed E-state index contributed by atoms with van der Waals surface area (Å²) < 4.78 is 0. The lowest BCUT2D eigenvalue weighted by Gasteiger charge is -2.23. The molecule has 19 heavy (non-hydrogen) atoms. The van der Waals surface area contributed by atoms with Crippen molar-refractivity contribution in [3.05, 3.63) is 38.9 Å². The fourth-order valence-corrected chi connectivity index (χ4v) is 3.13. The molecule has 102 valence electrons. The van der Waals surface area contributed by atoms with E-state index >= 15 is 0 Å². The van der Waals surface area contributed by atoms with E-state index in [-0.39, 0.29) is 28.2 Å². The first-order valence-corrected chi connectivity index (χ1v) is 7.35. The number of alkyl halides is 1. The van der Waals surface area contributed by atoms with Gasteiger partial charge in [-0.05, 0) is 18.9 Å². The van der Waals surface area contributed by atoms with Crippen molar-refractivity contribution in [1.29, 1.82) is 0 Å². The van der Waals surface area contributed by atoms with E-state index in [1.807, 2.05) is 0 Å². The van der Waals surface area contributed by atoms with Crippen LogP contribution in [0, 0.1) is 10.1 Å². The van der Waals surface area contributed by atoms with Gasteiger partial charge in [0.1, 0.15) is 0 Å². The van der Waals surface area contributed by atoms with E-state index in [1.165, 1.54) is 18.2 Å². The van der Waals surface area contributed by atoms with Gasteiger partial charge in [0.25, 0.3) is 11.6 Å². The van der Waals surface area contributed by atoms with Gasteiger partial charge in [0.2, 0.25) is 0 Å². The summed E-state index contributed by atoms with van der Waals surface area (Å²) >= 11 is 9.21. The van der Waals surface area contributed by atoms with Gasteiger partial charge in [0.05, 0.1) is 4.92 Å². The minimum atomic E-state index is -0.547. The summed E-state index contributed by atoms with van der Waals surface area (Å²) in [6, 6.07) is 4.13. The molecule has 5 nitrogen and oxygen atoms in total. The van der Waals surface area contributed by atoms with Crippen LogP contribution in [-0.4, -0.2) is 33.6 Å². The van der Waals surface area contributed by atoms with Gasteiger partial charge in [0.15, 0.2) is 0 Å². The number of benzene rings is 1. The Morgan fingerprint density at radius 3 is 2.89 bits per heavy atom. The zero-order chi connectivity index (χ0) is 14.0. The molecule has 1 aliphatic heterocycles. The third-order valence-corrected chi connectivity index (χ3v) is 4.12. The number of non-ortho nitro benzene ring substituents is 1. The number of rotatable bonds is 3. The summed E-state index contributed by atoms with van der Waals surface area (Å²) in [4.78, 5) is 24.3. The second-order valence-corrected chi connectivity index (χ2v) is 5.49. The number of nitro benzene ring substituents is 1. The predicted molar refractivity (Wildman–Crippen MR) is 76.0 cm³/mol. The topological polar surface area (TPSA) is 63.4 Å². The fraction of sp³-hybridized carbons (Fsp3) is 0.417. The van der Waals surface area contributed by atoms with Crippen molar-refractivity contribution in [2.45, 2.75) is 18.9 Å². The molecule has 0 aliphatic carbocycles. The third kappa shape index (κ3) is 3.06. The van der Waals surface area contributed by atoms with Gasteiger partial charge in [0, 0.05) is 40.6 Å². The molecule has 1 aromatic carbocycles. The fourth-order valence-electron chi connectivity index (χ4n) is 2.23. The van der Waals surface area contributed by atoms with Gasteiger partial charge in [-0.2, -0.15) is 0 Å². The zero-order valence-corrected chi connectivity index (χ0v) is 12.4. The molecule has 1 aromatic rings. The van der Waals surface area contributed by atoms with Crippen LogP contribution in [0.4, 0.5) is 5.69 Å². The van der Waals surface area contributed by atoms with Crippen molar-refractivity contribution >= 4 is 39.1 Å². The summed E-state index contributed by atoms with van der Waals surface area (Å²) in [5.41, 5.74) is 0.109. The molecule has 0 N–H and O–H groups in total. The smallest absolute Gasteiger partial charge is 0.271 e. The first-order valence-electron chi connectivity index (χ1n) is 5.85. The van der Waals surface area contributed by atoms with Gasteiger partial charge in [-0.15, -0.1) is 0 Å². The molecule has 0 aromatic heterocycles. The Bertz CT molecular complexity index is 524. The molecular weight excluding hydrogens is 335 g/mol. The molecule has 2 rings (SSSR count). The van der Waals surface area contributed by atoms with E-state index in [0.29, 0.717) is 11.9 Å². The SMILES string of the molecule is O=C(c1cc(Cl)cc([N+](=O)[O-])c1)N1CCCC1CBr. The van der Waals surface area contributed by atoms with E-state index in [0.717, 1.165) is 12.8 Å². The highest BCUT2D eigenvalue weighted by molar-refractivity contribution is 9.09. The Labute approximate surface area is 123 Å². The molecule has 0 radical (unpaired) electrons. The molecular formula is C12H12BrClN2O3. The largest absolute Gasteiger partial charge is 0.335 e. The number of carbonyl (C=O) groups excluding carboxylic acids is 1. The lowest BCUT2D eigenvalue weighted by atomic mass is 10.1. The van der Waals surface area contributed by atoms with Crippen molar-refractivity contribution in [3.8, 4) is 0 Å². The van der Waals surface area contributed by atoms with Crippen LogP contribution in [0.15, 0.2) is 18.2 Å². The molecule has 0 bridgehead atoms. The van der Waals surface area contributed by atoms with Crippen LogP contribution in [0.3, 0.4) is 0 Å². The molecule has 1 amide bonds. The van der Waals surface area contributed by atoms with Crippen molar-refractivity contribution in [2.24, 2.45) is 0 Å².